The predicted molar refractivity (Wildman–Crippen MR) is 149 cm³/mol. The van der Waals surface area contributed by atoms with Gasteiger partial charge in [0.25, 0.3) is 11.1 Å². The third-order valence-corrected chi connectivity index (χ3v) is 7.21. The van der Waals surface area contributed by atoms with Crippen LogP contribution in [0.5, 0.6) is 11.5 Å². The fourth-order valence-corrected chi connectivity index (χ4v) is 5.14. The Bertz CT molecular complexity index is 1260. The number of imide groups is 1. The molecule has 0 aromatic heterocycles. The molecule has 1 aliphatic heterocycles. The van der Waals surface area contributed by atoms with E-state index in [1.165, 1.54) is 10.5 Å². The Morgan fingerprint density at radius 2 is 1.75 bits per heavy atom. The van der Waals surface area contributed by atoms with E-state index in [2.05, 4.69) is 15.9 Å². The normalized spacial score (nSPS) is 14.5. The van der Waals surface area contributed by atoms with E-state index in [0.29, 0.717) is 53.2 Å². The Morgan fingerprint density at radius 3 is 2.47 bits per heavy atom. The molecule has 0 atom stereocenters. The highest BCUT2D eigenvalue weighted by Gasteiger charge is 2.34. The Labute approximate surface area is 228 Å². The number of rotatable bonds is 10. The highest BCUT2D eigenvalue weighted by molar-refractivity contribution is 9.10. The summed E-state index contributed by atoms with van der Waals surface area (Å²) in [6.45, 7) is 3.01. The summed E-state index contributed by atoms with van der Waals surface area (Å²) in [6.07, 6.45) is 3.19. The summed E-state index contributed by atoms with van der Waals surface area (Å²) in [7, 11) is 0. The minimum atomic E-state index is -0.289. The number of halogens is 2. The standard InChI is InChI=1S/C28H25BrClNO4S/c1-2-34-24-16-21(15-23(30)26(24)35-18-20-10-12-22(29)13-11-20)17-25-27(32)31(28(33)36-25)14-6-9-19-7-4-3-5-8-19/h3-5,7-8,10-13,15-17H,2,6,9,14,18H2,1H3/b25-17+. The van der Waals surface area contributed by atoms with Crippen LogP contribution < -0.4 is 9.47 Å². The molecule has 0 N–H and O–H groups in total. The Balaban J connectivity index is 1.46. The van der Waals surface area contributed by atoms with Gasteiger partial charge in [0.05, 0.1) is 16.5 Å². The number of amides is 2. The van der Waals surface area contributed by atoms with Crippen LogP contribution in [0.3, 0.4) is 0 Å². The highest BCUT2D eigenvalue weighted by Crippen LogP contribution is 2.39. The van der Waals surface area contributed by atoms with Gasteiger partial charge in [-0.25, -0.2) is 0 Å². The summed E-state index contributed by atoms with van der Waals surface area (Å²) in [5.74, 6) is 0.630. The zero-order valence-corrected chi connectivity index (χ0v) is 22.9. The number of hydrogen-bond donors (Lipinski definition) is 0. The molecule has 3 aromatic carbocycles. The molecule has 8 heteroatoms. The van der Waals surface area contributed by atoms with E-state index in [1.54, 1.807) is 18.2 Å². The average Bonchev–Trinajstić information content (AvgIpc) is 3.13. The van der Waals surface area contributed by atoms with Gasteiger partial charge in [0, 0.05) is 11.0 Å². The number of aryl methyl sites for hydroxylation is 1. The maximum Gasteiger partial charge on any atom is 0.293 e. The second kappa shape index (κ2) is 12.5. The van der Waals surface area contributed by atoms with Crippen LogP contribution in [-0.2, 0) is 17.8 Å². The fourth-order valence-electron chi connectivity index (χ4n) is 3.74. The molecule has 1 aliphatic rings. The lowest BCUT2D eigenvalue weighted by molar-refractivity contribution is -0.122. The van der Waals surface area contributed by atoms with Crippen LogP contribution in [0.1, 0.15) is 30.0 Å². The molecule has 0 bridgehead atoms. The number of thioether (sulfide) groups is 1. The first-order valence-corrected chi connectivity index (χ1v) is 13.6. The summed E-state index contributed by atoms with van der Waals surface area (Å²) >= 11 is 10.9. The minimum absolute atomic E-state index is 0.259. The zero-order chi connectivity index (χ0) is 25.5. The largest absolute Gasteiger partial charge is 0.490 e. The van der Waals surface area contributed by atoms with E-state index in [1.807, 2.05) is 61.5 Å². The van der Waals surface area contributed by atoms with E-state index in [-0.39, 0.29) is 11.1 Å². The summed E-state index contributed by atoms with van der Waals surface area (Å²) in [4.78, 5) is 27.1. The van der Waals surface area contributed by atoms with Gasteiger partial charge in [0.15, 0.2) is 11.5 Å². The molecular weight excluding hydrogens is 562 g/mol. The molecule has 0 spiro atoms. The average molecular weight is 587 g/mol. The van der Waals surface area contributed by atoms with Crippen molar-refractivity contribution in [3.05, 3.63) is 97.8 Å². The first-order valence-electron chi connectivity index (χ1n) is 11.6. The van der Waals surface area contributed by atoms with Crippen molar-refractivity contribution in [1.82, 2.24) is 4.90 Å². The van der Waals surface area contributed by atoms with Crippen LogP contribution in [0.4, 0.5) is 4.79 Å². The maximum atomic E-state index is 12.9. The Hall–Kier alpha value is -2.74. The van der Waals surface area contributed by atoms with Crippen molar-refractivity contribution in [2.75, 3.05) is 13.2 Å². The number of benzene rings is 3. The van der Waals surface area contributed by atoms with Crippen molar-refractivity contribution in [3.8, 4) is 11.5 Å². The van der Waals surface area contributed by atoms with Crippen molar-refractivity contribution in [1.29, 1.82) is 0 Å². The molecule has 36 heavy (non-hydrogen) atoms. The van der Waals surface area contributed by atoms with Gasteiger partial charge in [-0.05, 0) is 78.6 Å². The molecule has 4 rings (SSSR count). The molecular formula is C28H25BrClNO4S. The van der Waals surface area contributed by atoms with Crippen LogP contribution >= 0.6 is 39.3 Å². The quantitative estimate of drug-likeness (QED) is 0.227. The Morgan fingerprint density at radius 1 is 1.00 bits per heavy atom. The molecule has 0 unspecified atom stereocenters. The third kappa shape index (κ3) is 6.72. The van der Waals surface area contributed by atoms with Crippen molar-refractivity contribution < 1.29 is 19.1 Å². The van der Waals surface area contributed by atoms with Gasteiger partial charge in [0.1, 0.15) is 6.61 Å². The van der Waals surface area contributed by atoms with Gasteiger partial charge in [-0.2, -0.15) is 0 Å². The van der Waals surface area contributed by atoms with Crippen molar-refractivity contribution in [2.24, 2.45) is 0 Å². The smallest absolute Gasteiger partial charge is 0.293 e. The van der Waals surface area contributed by atoms with Gasteiger partial charge in [-0.3, -0.25) is 14.5 Å². The summed E-state index contributed by atoms with van der Waals surface area (Å²) in [6, 6.07) is 21.3. The number of nitrogens with zero attached hydrogens (tertiary/aromatic N) is 1. The van der Waals surface area contributed by atoms with Crippen molar-refractivity contribution >= 4 is 56.5 Å². The van der Waals surface area contributed by atoms with Gasteiger partial charge in [-0.1, -0.05) is 70.0 Å². The first kappa shape index (κ1) is 26.3. The molecule has 0 radical (unpaired) electrons. The minimum Gasteiger partial charge on any atom is -0.490 e. The molecule has 186 valence electrons. The lowest BCUT2D eigenvalue weighted by atomic mass is 10.1. The van der Waals surface area contributed by atoms with Crippen molar-refractivity contribution in [3.63, 3.8) is 0 Å². The van der Waals surface area contributed by atoms with E-state index >= 15 is 0 Å². The molecule has 2 amide bonds. The molecule has 0 saturated carbocycles. The van der Waals surface area contributed by atoms with Crippen LogP contribution in [0.2, 0.25) is 5.02 Å². The van der Waals surface area contributed by atoms with Gasteiger partial charge >= 0.3 is 0 Å². The SMILES string of the molecule is CCOc1cc(/C=C2/SC(=O)N(CCCc3ccccc3)C2=O)cc(Cl)c1OCc1ccc(Br)cc1. The van der Waals surface area contributed by atoms with Crippen LogP contribution in [-0.4, -0.2) is 29.2 Å². The van der Waals surface area contributed by atoms with Crippen molar-refractivity contribution in [2.45, 2.75) is 26.4 Å². The van der Waals surface area contributed by atoms with E-state index in [9.17, 15) is 9.59 Å². The second-order valence-corrected chi connectivity index (χ2v) is 10.4. The molecule has 0 aliphatic carbocycles. The summed E-state index contributed by atoms with van der Waals surface area (Å²) in [5.41, 5.74) is 2.83. The van der Waals surface area contributed by atoms with Crippen LogP contribution in [0, 0.1) is 0 Å². The fraction of sp³-hybridized carbons (Fsp3) is 0.214. The third-order valence-electron chi connectivity index (χ3n) is 5.49. The van der Waals surface area contributed by atoms with E-state index in [0.717, 1.165) is 28.2 Å². The zero-order valence-electron chi connectivity index (χ0n) is 19.7. The Kier molecular flexibility index (Phi) is 9.13. The van der Waals surface area contributed by atoms with E-state index < -0.39 is 0 Å². The number of carbonyl (C=O) groups excluding carboxylic acids is 2. The molecule has 1 fully saturated rings. The summed E-state index contributed by atoms with van der Waals surface area (Å²) < 4.78 is 12.7. The van der Waals surface area contributed by atoms with E-state index in [4.69, 9.17) is 21.1 Å². The molecule has 1 heterocycles. The lowest BCUT2D eigenvalue weighted by Gasteiger charge is -2.15. The second-order valence-electron chi connectivity index (χ2n) is 8.10. The number of carbonyl (C=O) groups is 2. The lowest BCUT2D eigenvalue weighted by Crippen LogP contribution is -2.29. The van der Waals surface area contributed by atoms with Gasteiger partial charge < -0.3 is 9.47 Å². The predicted octanol–water partition coefficient (Wildman–Crippen LogP) is 7.75. The van der Waals surface area contributed by atoms with Gasteiger partial charge in [-0.15, -0.1) is 0 Å². The topological polar surface area (TPSA) is 55.8 Å². The summed E-state index contributed by atoms with van der Waals surface area (Å²) in [5, 5.41) is 0.108. The molecule has 5 nitrogen and oxygen atoms in total. The monoisotopic (exact) mass is 585 g/mol. The van der Waals surface area contributed by atoms with Crippen LogP contribution in [0.25, 0.3) is 6.08 Å². The first-order chi connectivity index (χ1) is 17.4. The number of hydrogen-bond acceptors (Lipinski definition) is 5. The molecule has 1 saturated heterocycles. The van der Waals surface area contributed by atoms with Crippen LogP contribution in [0.15, 0.2) is 76.1 Å². The highest BCUT2D eigenvalue weighted by atomic mass is 79.9. The number of ether oxygens (including phenoxy) is 2. The van der Waals surface area contributed by atoms with Gasteiger partial charge in [0.2, 0.25) is 0 Å². The molecule has 3 aromatic rings. The maximum absolute atomic E-state index is 12.9.